The highest BCUT2D eigenvalue weighted by atomic mass is 19.4. The zero-order valence-electron chi connectivity index (χ0n) is 22.7. The second kappa shape index (κ2) is 10.7. The van der Waals surface area contributed by atoms with Gasteiger partial charge in [-0.1, -0.05) is 12.1 Å². The molecule has 1 aromatic carbocycles. The number of pyridine rings is 1. The molecule has 1 amide bonds. The predicted octanol–water partition coefficient (Wildman–Crippen LogP) is 4.60. The van der Waals surface area contributed by atoms with Crippen LogP contribution in [0.2, 0.25) is 0 Å². The number of rotatable bonds is 5. The highest BCUT2D eigenvalue weighted by Crippen LogP contribution is 2.34. The molecule has 0 spiro atoms. The van der Waals surface area contributed by atoms with Crippen molar-refractivity contribution in [3.8, 4) is 5.75 Å². The molecule has 2 fully saturated rings. The Kier molecular flexibility index (Phi) is 7.95. The average molecular weight is 535 g/mol. The fourth-order valence-corrected chi connectivity index (χ4v) is 5.94. The molecule has 2 saturated heterocycles. The Labute approximate surface area is 222 Å². The molecule has 0 saturated carbocycles. The van der Waals surface area contributed by atoms with Gasteiger partial charge in [-0.05, 0) is 63.8 Å². The van der Waals surface area contributed by atoms with Gasteiger partial charge in [0.2, 0.25) is 5.69 Å². The van der Waals surface area contributed by atoms with Crippen LogP contribution in [-0.4, -0.2) is 71.3 Å². The van der Waals surface area contributed by atoms with Crippen molar-refractivity contribution in [1.29, 1.82) is 0 Å². The van der Waals surface area contributed by atoms with Crippen LogP contribution in [0.1, 0.15) is 66.8 Å². The van der Waals surface area contributed by atoms with E-state index in [-0.39, 0.29) is 29.3 Å². The number of piperazine rings is 1. The molecule has 10 heteroatoms. The first-order valence-electron chi connectivity index (χ1n) is 13.1. The van der Waals surface area contributed by atoms with Crippen molar-refractivity contribution in [1.82, 2.24) is 14.7 Å². The first-order chi connectivity index (χ1) is 17.8. The molecule has 4 rings (SSSR count). The van der Waals surface area contributed by atoms with Crippen molar-refractivity contribution in [3.63, 3.8) is 0 Å². The maximum atomic E-state index is 13.3. The molecule has 208 valence electrons. The first kappa shape index (κ1) is 28.2. The van der Waals surface area contributed by atoms with Gasteiger partial charge in [0, 0.05) is 63.3 Å². The summed E-state index contributed by atoms with van der Waals surface area (Å²) in [5.74, 6) is -0.292. The van der Waals surface area contributed by atoms with Crippen molar-refractivity contribution >= 4 is 5.91 Å². The molecule has 0 bridgehead atoms. The third kappa shape index (κ3) is 5.91. The van der Waals surface area contributed by atoms with Gasteiger partial charge in [0.15, 0.2) is 6.20 Å². The van der Waals surface area contributed by atoms with E-state index >= 15 is 0 Å². The summed E-state index contributed by atoms with van der Waals surface area (Å²) >= 11 is 0. The monoisotopic (exact) mass is 534 g/mol. The lowest BCUT2D eigenvalue weighted by atomic mass is 9.86. The minimum absolute atomic E-state index is 0.0316. The number of carbonyl (C=O) groups is 1. The second-order valence-corrected chi connectivity index (χ2v) is 10.9. The van der Waals surface area contributed by atoms with Crippen LogP contribution in [0.5, 0.6) is 5.75 Å². The summed E-state index contributed by atoms with van der Waals surface area (Å²) in [5, 5.41) is 12.0. The van der Waals surface area contributed by atoms with E-state index in [1.54, 1.807) is 25.1 Å². The van der Waals surface area contributed by atoms with Crippen LogP contribution >= 0.6 is 0 Å². The lowest BCUT2D eigenvalue weighted by Gasteiger charge is -2.52. The van der Waals surface area contributed by atoms with Gasteiger partial charge < -0.3 is 14.8 Å². The maximum Gasteiger partial charge on any atom is 0.573 e. The van der Waals surface area contributed by atoms with E-state index in [1.165, 1.54) is 18.3 Å². The molecular formula is C28H37F3N4O3. The van der Waals surface area contributed by atoms with Gasteiger partial charge in [-0.15, -0.1) is 13.2 Å². The number of amides is 1. The summed E-state index contributed by atoms with van der Waals surface area (Å²) in [6, 6.07) is 8.13. The Morgan fingerprint density at radius 3 is 2.32 bits per heavy atom. The lowest BCUT2D eigenvalue weighted by Crippen LogP contribution is -2.62. The molecule has 0 unspecified atom stereocenters. The van der Waals surface area contributed by atoms with Gasteiger partial charge in [-0.2, -0.15) is 4.73 Å². The number of aryl methyl sites for hydroxylation is 1. The van der Waals surface area contributed by atoms with Gasteiger partial charge in [-0.25, -0.2) is 0 Å². The number of benzene rings is 1. The van der Waals surface area contributed by atoms with E-state index in [0.717, 1.165) is 48.3 Å². The molecule has 0 aliphatic carbocycles. The number of piperidine rings is 1. The topological polar surface area (TPSA) is 63.0 Å². The average Bonchev–Trinajstić information content (AvgIpc) is 2.86. The normalized spacial score (nSPS) is 21.8. The zero-order valence-corrected chi connectivity index (χ0v) is 22.7. The Balaban J connectivity index is 1.35. The number of carbonyl (C=O) groups excluding carboxylic acids is 1. The van der Waals surface area contributed by atoms with Crippen molar-refractivity contribution in [3.05, 3.63) is 64.1 Å². The van der Waals surface area contributed by atoms with E-state index in [1.807, 2.05) is 11.8 Å². The lowest BCUT2D eigenvalue weighted by molar-refractivity contribution is -0.612. The van der Waals surface area contributed by atoms with Crippen LogP contribution < -0.4 is 9.47 Å². The van der Waals surface area contributed by atoms with Gasteiger partial charge in [0.05, 0.1) is 0 Å². The summed E-state index contributed by atoms with van der Waals surface area (Å²) in [7, 11) is 0. The van der Waals surface area contributed by atoms with E-state index < -0.39 is 6.36 Å². The van der Waals surface area contributed by atoms with E-state index in [2.05, 4.69) is 35.3 Å². The smallest absolute Gasteiger partial charge is 0.573 e. The van der Waals surface area contributed by atoms with Crippen LogP contribution in [0.25, 0.3) is 0 Å². The molecule has 2 aliphatic heterocycles. The fourth-order valence-electron chi connectivity index (χ4n) is 5.94. The summed E-state index contributed by atoms with van der Waals surface area (Å²) in [6.07, 6.45) is -1.56. The molecule has 1 aromatic heterocycles. The zero-order chi connectivity index (χ0) is 27.8. The van der Waals surface area contributed by atoms with Crippen LogP contribution in [0.15, 0.2) is 36.5 Å². The number of aromatic nitrogens is 1. The standard InChI is InChI=1S/C28H37F3N4O3/c1-19-10-13-35(37)22(4)25(19)26(36)32-14-11-27(5,12-15-32)33-16-17-34(20(2)18-33)21(3)23-6-8-24(9-7-23)38-28(29,30)31/h6-10,13,20-21H,11-12,14-18H2,1-5H3/t20-,21-/m0/s1. The number of halogens is 3. The molecule has 2 atom stereocenters. The molecular weight excluding hydrogens is 497 g/mol. The second-order valence-electron chi connectivity index (χ2n) is 10.9. The Morgan fingerprint density at radius 2 is 1.74 bits per heavy atom. The largest absolute Gasteiger partial charge is 0.618 e. The van der Waals surface area contributed by atoms with Crippen LogP contribution in [-0.2, 0) is 0 Å². The van der Waals surface area contributed by atoms with E-state index in [4.69, 9.17) is 0 Å². The quantitative estimate of drug-likeness (QED) is 0.415. The molecule has 7 nitrogen and oxygen atoms in total. The van der Waals surface area contributed by atoms with E-state index in [9.17, 15) is 23.2 Å². The SMILES string of the molecule is Cc1cc[n+]([O-])c(C)c1C(=O)N1CCC(C)(N2CCN([C@@H](C)c3ccc(OC(F)(F)F)cc3)[C@@H](C)C2)CC1. The third-order valence-electron chi connectivity index (χ3n) is 8.42. The van der Waals surface area contributed by atoms with Crippen LogP contribution in [0.3, 0.4) is 0 Å². The Bertz CT molecular complexity index is 1150. The Morgan fingerprint density at radius 1 is 1.11 bits per heavy atom. The van der Waals surface area contributed by atoms with Gasteiger partial charge >= 0.3 is 6.36 Å². The third-order valence-corrected chi connectivity index (χ3v) is 8.42. The van der Waals surface area contributed by atoms with Crippen molar-refractivity contribution in [2.45, 2.75) is 71.4 Å². The highest BCUT2D eigenvalue weighted by Gasteiger charge is 2.41. The fraction of sp³-hybridized carbons (Fsp3) is 0.571. The molecule has 0 N–H and O–H groups in total. The first-order valence-corrected chi connectivity index (χ1v) is 13.1. The number of hydrogen-bond donors (Lipinski definition) is 0. The summed E-state index contributed by atoms with van der Waals surface area (Å²) < 4.78 is 42.2. The van der Waals surface area contributed by atoms with Crippen molar-refractivity contribution < 1.29 is 27.4 Å². The Hall–Kier alpha value is -2.85. The van der Waals surface area contributed by atoms with Crippen LogP contribution in [0.4, 0.5) is 13.2 Å². The van der Waals surface area contributed by atoms with Gasteiger partial charge in [0.25, 0.3) is 5.91 Å². The molecule has 38 heavy (non-hydrogen) atoms. The summed E-state index contributed by atoms with van der Waals surface area (Å²) in [6.45, 7) is 13.9. The number of nitrogens with zero attached hydrogens (tertiary/aromatic N) is 4. The predicted molar refractivity (Wildman–Crippen MR) is 138 cm³/mol. The van der Waals surface area contributed by atoms with Gasteiger partial charge in [0.1, 0.15) is 11.3 Å². The minimum Gasteiger partial charge on any atom is -0.618 e. The number of alkyl halides is 3. The van der Waals surface area contributed by atoms with Crippen molar-refractivity contribution in [2.75, 3.05) is 32.7 Å². The molecule has 0 radical (unpaired) electrons. The van der Waals surface area contributed by atoms with Crippen molar-refractivity contribution in [2.24, 2.45) is 0 Å². The summed E-state index contributed by atoms with van der Waals surface area (Å²) in [5.41, 5.74) is 2.67. The number of ether oxygens (including phenoxy) is 1. The van der Waals surface area contributed by atoms with E-state index in [0.29, 0.717) is 24.3 Å². The minimum atomic E-state index is -4.70. The summed E-state index contributed by atoms with van der Waals surface area (Å²) in [4.78, 5) is 20.0. The maximum absolute atomic E-state index is 13.3. The number of hydrogen-bond acceptors (Lipinski definition) is 5. The number of likely N-dealkylation sites (tertiary alicyclic amines) is 1. The van der Waals surface area contributed by atoms with Crippen LogP contribution in [0, 0.1) is 19.1 Å². The molecule has 2 aromatic rings. The highest BCUT2D eigenvalue weighted by molar-refractivity contribution is 5.96. The van der Waals surface area contributed by atoms with Gasteiger partial charge in [-0.3, -0.25) is 14.6 Å². The molecule has 3 heterocycles. The molecule has 2 aliphatic rings.